The second-order valence-corrected chi connectivity index (χ2v) is 6.47. The Balaban J connectivity index is 1.71. The molecule has 1 amide bonds. The summed E-state index contributed by atoms with van der Waals surface area (Å²) in [4.78, 5) is 16.0. The zero-order valence-corrected chi connectivity index (χ0v) is 15.2. The normalized spacial score (nSPS) is 10.7. The van der Waals surface area contributed by atoms with E-state index in [1.807, 2.05) is 60.8 Å². The molecule has 0 spiro atoms. The van der Waals surface area contributed by atoms with Gasteiger partial charge >= 0.3 is 0 Å². The first-order chi connectivity index (χ1) is 13.1. The number of nitrogens with one attached hydrogen (secondary N) is 2. The molecule has 0 bridgehead atoms. The quantitative estimate of drug-likeness (QED) is 0.538. The molecule has 0 saturated carbocycles. The van der Waals surface area contributed by atoms with E-state index in [0.29, 0.717) is 16.5 Å². The molecule has 0 radical (unpaired) electrons. The Morgan fingerprint density at radius 2 is 1.89 bits per heavy atom. The Hall–Kier alpha value is -3.38. The van der Waals surface area contributed by atoms with Gasteiger partial charge in [0, 0.05) is 35.1 Å². The van der Waals surface area contributed by atoms with Gasteiger partial charge in [0.1, 0.15) is 5.82 Å². The van der Waals surface area contributed by atoms with Crippen LogP contribution in [0.25, 0.3) is 16.8 Å². The van der Waals surface area contributed by atoms with Crippen molar-refractivity contribution in [2.24, 2.45) is 0 Å². The summed E-state index contributed by atoms with van der Waals surface area (Å²) < 4.78 is 1.71. The Kier molecular flexibility index (Phi) is 4.48. The molecule has 0 fully saturated rings. The maximum atomic E-state index is 11.3. The number of benzene rings is 2. The number of hydrogen-bond acceptors (Lipinski definition) is 4. The van der Waals surface area contributed by atoms with Crippen LogP contribution in [0.5, 0.6) is 0 Å². The average Bonchev–Trinajstić information content (AvgIpc) is 3.05. The van der Waals surface area contributed by atoms with Crippen molar-refractivity contribution in [3.63, 3.8) is 0 Å². The van der Waals surface area contributed by atoms with Gasteiger partial charge in [0.2, 0.25) is 5.91 Å². The van der Waals surface area contributed by atoms with Gasteiger partial charge in [-0.2, -0.15) is 5.10 Å². The van der Waals surface area contributed by atoms with Crippen LogP contribution < -0.4 is 10.6 Å². The lowest BCUT2D eigenvalue weighted by Gasteiger charge is -2.07. The smallest absolute Gasteiger partial charge is 0.221 e. The van der Waals surface area contributed by atoms with E-state index < -0.39 is 0 Å². The van der Waals surface area contributed by atoms with Crippen molar-refractivity contribution in [3.05, 3.63) is 72.0 Å². The number of anilines is 3. The van der Waals surface area contributed by atoms with Gasteiger partial charge < -0.3 is 10.6 Å². The van der Waals surface area contributed by atoms with E-state index >= 15 is 0 Å². The highest BCUT2D eigenvalue weighted by Crippen LogP contribution is 2.27. The summed E-state index contributed by atoms with van der Waals surface area (Å²) in [6.07, 6.45) is 3.61. The van der Waals surface area contributed by atoms with Crippen LogP contribution in [-0.2, 0) is 4.79 Å². The number of rotatable bonds is 4. The average molecular weight is 378 g/mol. The van der Waals surface area contributed by atoms with Crippen LogP contribution in [0, 0.1) is 0 Å². The molecule has 134 valence electrons. The molecule has 6 nitrogen and oxygen atoms in total. The zero-order valence-electron chi connectivity index (χ0n) is 14.5. The summed E-state index contributed by atoms with van der Waals surface area (Å²) in [5.74, 6) is 0.572. The van der Waals surface area contributed by atoms with Crippen molar-refractivity contribution in [1.82, 2.24) is 14.6 Å². The molecule has 0 aliphatic rings. The standard InChI is InChI=1S/C20H16ClN5O/c1-13(27)23-16-6-2-4-14(10-16)18-12-22-26-9-8-19(25-20(18)26)24-17-7-3-5-15(21)11-17/h2-12H,1H3,(H,23,27)(H,24,25). The topological polar surface area (TPSA) is 71.3 Å². The lowest BCUT2D eigenvalue weighted by atomic mass is 10.1. The van der Waals surface area contributed by atoms with Crippen LogP contribution in [0.1, 0.15) is 6.92 Å². The summed E-state index contributed by atoms with van der Waals surface area (Å²) in [6, 6.07) is 16.9. The molecule has 0 aliphatic carbocycles. The fraction of sp³-hybridized carbons (Fsp3) is 0.0500. The Morgan fingerprint density at radius 1 is 1.07 bits per heavy atom. The molecule has 2 N–H and O–H groups in total. The number of fused-ring (bicyclic) bond motifs is 1. The molecule has 4 aromatic rings. The van der Waals surface area contributed by atoms with Gasteiger partial charge in [-0.25, -0.2) is 9.50 Å². The Bertz CT molecular complexity index is 1140. The van der Waals surface area contributed by atoms with Crippen LogP contribution in [0.3, 0.4) is 0 Å². The first-order valence-corrected chi connectivity index (χ1v) is 8.71. The van der Waals surface area contributed by atoms with Crippen molar-refractivity contribution >= 4 is 40.3 Å². The predicted molar refractivity (Wildman–Crippen MR) is 107 cm³/mol. The van der Waals surface area contributed by atoms with Gasteiger partial charge in [-0.3, -0.25) is 4.79 Å². The van der Waals surface area contributed by atoms with Gasteiger partial charge in [-0.05, 0) is 42.0 Å². The van der Waals surface area contributed by atoms with Gasteiger partial charge in [0.25, 0.3) is 0 Å². The predicted octanol–water partition coefficient (Wildman–Crippen LogP) is 4.75. The van der Waals surface area contributed by atoms with E-state index in [4.69, 9.17) is 11.6 Å². The lowest BCUT2D eigenvalue weighted by Crippen LogP contribution is -2.05. The Labute approximate surface area is 160 Å². The van der Waals surface area contributed by atoms with Gasteiger partial charge in [0.15, 0.2) is 5.65 Å². The summed E-state index contributed by atoms with van der Waals surface area (Å²) in [6.45, 7) is 1.48. The van der Waals surface area contributed by atoms with E-state index in [1.165, 1.54) is 6.92 Å². The van der Waals surface area contributed by atoms with E-state index in [9.17, 15) is 4.79 Å². The molecule has 2 heterocycles. The Morgan fingerprint density at radius 3 is 2.70 bits per heavy atom. The van der Waals surface area contributed by atoms with Gasteiger partial charge in [0.05, 0.1) is 6.20 Å². The van der Waals surface area contributed by atoms with Crippen molar-refractivity contribution in [3.8, 4) is 11.1 Å². The molecule has 0 unspecified atom stereocenters. The molecule has 2 aromatic heterocycles. The first-order valence-electron chi connectivity index (χ1n) is 8.33. The molecule has 0 atom stereocenters. The summed E-state index contributed by atoms with van der Waals surface area (Å²) in [5, 5.41) is 11.1. The highest BCUT2D eigenvalue weighted by molar-refractivity contribution is 6.30. The van der Waals surface area contributed by atoms with E-state index in [2.05, 4.69) is 20.7 Å². The largest absolute Gasteiger partial charge is 0.340 e. The number of aromatic nitrogens is 3. The lowest BCUT2D eigenvalue weighted by molar-refractivity contribution is -0.114. The van der Waals surface area contributed by atoms with E-state index in [-0.39, 0.29) is 5.91 Å². The maximum absolute atomic E-state index is 11.3. The number of carbonyl (C=O) groups is 1. The SMILES string of the molecule is CC(=O)Nc1cccc(-c2cnn3ccc(Nc4cccc(Cl)c4)nc23)c1. The molecule has 4 rings (SSSR count). The second-order valence-electron chi connectivity index (χ2n) is 6.04. The van der Waals surface area contributed by atoms with Gasteiger partial charge in [-0.1, -0.05) is 29.8 Å². The van der Waals surface area contributed by atoms with Crippen molar-refractivity contribution in [2.75, 3.05) is 10.6 Å². The maximum Gasteiger partial charge on any atom is 0.221 e. The first kappa shape index (κ1) is 17.1. The fourth-order valence-electron chi connectivity index (χ4n) is 2.82. The summed E-state index contributed by atoms with van der Waals surface area (Å²) in [5.41, 5.74) is 4.09. The van der Waals surface area contributed by atoms with Crippen LogP contribution in [0.4, 0.5) is 17.2 Å². The number of nitrogens with zero attached hydrogens (tertiary/aromatic N) is 3. The third-order valence-corrected chi connectivity index (χ3v) is 4.20. The molecule has 0 saturated heterocycles. The third-order valence-electron chi connectivity index (χ3n) is 3.96. The molecule has 27 heavy (non-hydrogen) atoms. The fourth-order valence-corrected chi connectivity index (χ4v) is 3.01. The van der Waals surface area contributed by atoms with E-state index in [1.54, 1.807) is 10.7 Å². The van der Waals surface area contributed by atoms with Crippen molar-refractivity contribution in [2.45, 2.75) is 6.92 Å². The number of amides is 1. The number of hydrogen-bond donors (Lipinski definition) is 2. The molecular weight excluding hydrogens is 362 g/mol. The third kappa shape index (κ3) is 3.75. The van der Waals surface area contributed by atoms with Crippen LogP contribution in [0.2, 0.25) is 5.02 Å². The minimum absolute atomic E-state index is 0.113. The van der Waals surface area contributed by atoms with Crippen LogP contribution in [0.15, 0.2) is 67.0 Å². The molecule has 7 heteroatoms. The zero-order chi connectivity index (χ0) is 18.8. The van der Waals surface area contributed by atoms with E-state index in [0.717, 1.165) is 22.5 Å². The molecular formula is C20H16ClN5O. The molecule has 0 aliphatic heterocycles. The monoisotopic (exact) mass is 377 g/mol. The van der Waals surface area contributed by atoms with Crippen molar-refractivity contribution < 1.29 is 4.79 Å². The summed E-state index contributed by atoms with van der Waals surface area (Å²) in [7, 11) is 0. The van der Waals surface area contributed by atoms with Gasteiger partial charge in [-0.15, -0.1) is 0 Å². The van der Waals surface area contributed by atoms with Crippen LogP contribution in [-0.4, -0.2) is 20.5 Å². The second kappa shape index (κ2) is 7.09. The minimum Gasteiger partial charge on any atom is -0.340 e. The number of halogens is 1. The number of carbonyl (C=O) groups excluding carboxylic acids is 1. The van der Waals surface area contributed by atoms with Crippen molar-refractivity contribution in [1.29, 1.82) is 0 Å². The highest BCUT2D eigenvalue weighted by Gasteiger charge is 2.10. The minimum atomic E-state index is -0.113. The highest BCUT2D eigenvalue weighted by atomic mass is 35.5. The molecule has 2 aromatic carbocycles. The summed E-state index contributed by atoms with van der Waals surface area (Å²) >= 11 is 6.04. The van der Waals surface area contributed by atoms with Crippen LogP contribution >= 0.6 is 11.6 Å².